The van der Waals surface area contributed by atoms with Crippen LogP contribution >= 0.6 is 11.8 Å². The maximum Gasteiger partial charge on any atom is 0.269 e. The molecule has 0 saturated carbocycles. The normalized spacial score (nSPS) is 22.4. The lowest BCUT2D eigenvalue weighted by Gasteiger charge is -2.41. The molecule has 2 amide bonds. The third-order valence-electron chi connectivity index (χ3n) is 3.69. The minimum absolute atomic E-state index is 0.0201. The molecule has 1 saturated heterocycles. The van der Waals surface area contributed by atoms with E-state index in [9.17, 15) is 19.7 Å². The fraction of sp³-hybridized carbons (Fsp3) is 0.267. The number of amides is 2. The standard InChI is InChI=1S/C15H16N6O4S/c1-9-6-13(22)20-15(17-9)26-8-12(19-20)14(23)18-16-7-10-2-4-11(5-3-10)21(24)25/h2-7,12,15,17,19H,8H2,1H3,(H,18,23)/b16-7-/t12-,15-/m1/s1. The molecule has 0 aliphatic carbocycles. The molecule has 0 aromatic heterocycles. The van der Waals surface area contributed by atoms with Crippen molar-refractivity contribution in [3.63, 3.8) is 0 Å². The lowest BCUT2D eigenvalue weighted by molar-refractivity contribution is -0.384. The average molecular weight is 376 g/mol. The van der Waals surface area contributed by atoms with E-state index in [4.69, 9.17) is 0 Å². The molecule has 2 atom stereocenters. The van der Waals surface area contributed by atoms with Crippen LogP contribution in [-0.4, -0.2) is 45.3 Å². The lowest BCUT2D eigenvalue weighted by Crippen LogP contribution is -2.65. The van der Waals surface area contributed by atoms with E-state index in [-0.39, 0.29) is 23.0 Å². The van der Waals surface area contributed by atoms with Crippen LogP contribution in [0, 0.1) is 10.1 Å². The van der Waals surface area contributed by atoms with Gasteiger partial charge in [-0.1, -0.05) is 0 Å². The minimum atomic E-state index is -0.609. The Morgan fingerprint density at radius 3 is 2.88 bits per heavy atom. The summed E-state index contributed by atoms with van der Waals surface area (Å²) < 4.78 is 0. The summed E-state index contributed by atoms with van der Waals surface area (Å²) in [6, 6.07) is 5.16. The van der Waals surface area contributed by atoms with Gasteiger partial charge in [-0.2, -0.15) is 5.10 Å². The summed E-state index contributed by atoms with van der Waals surface area (Å²) in [4.78, 5) is 34.3. The summed E-state index contributed by atoms with van der Waals surface area (Å²) in [5, 5.41) is 19.0. The quantitative estimate of drug-likeness (QED) is 0.391. The number of non-ortho nitro benzene ring substituents is 1. The van der Waals surface area contributed by atoms with Gasteiger partial charge in [-0.15, -0.1) is 11.8 Å². The topological polar surface area (TPSA) is 129 Å². The molecule has 2 aliphatic rings. The van der Waals surface area contributed by atoms with Crippen LogP contribution in [0.2, 0.25) is 0 Å². The van der Waals surface area contributed by atoms with Crippen LogP contribution < -0.4 is 16.2 Å². The number of carbonyl (C=O) groups excluding carboxylic acids is 2. The van der Waals surface area contributed by atoms with E-state index >= 15 is 0 Å². The molecule has 0 bridgehead atoms. The van der Waals surface area contributed by atoms with E-state index < -0.39 is 11.0 Å². The smallest absolute Gasteiger partial charge is 0.269 e. The fourth-order valence-corrected chi connectivity index (χ4v) is 3.56. The van der Waals surface area contributed by atoms with Gasteiger partial charge < -0.3 is 5.32 Å². The Morgan fingerprint density at radius 2 is 2.19 bits per heavy atom. The zero-order valence-electron chi connectivity index (χ0n) is 13.7. The number of carbonyl (C=O) groups is 2. The molecule has 3 rings (SSSR count). The van der Waals surface area contributed by atoms with Crippen LogP contribution in [-0.2, 0) is 9.59 Å². The van der Waals surface area contributed by atoms with Crippen molar-refractivity contribution >= 4 is 35.5 Å². The van der Waals surface area contributed by atoms with E-state index in [0.29, 0.717) is 11.3 Å². The number of benzene rings is 1. The Hall–Kier alpha value is -2.92. The van der Waals surface area contributed by atoms with Crippen molar-refractivity contribution in [2.45, 2.75) is 18.5 Å². The monoisotopic (exact) mass is 376 g/mol. The summed E-state index contributed by atoms with van der Waals surface area (Å²) in [5.41, 5.74) is 6.41. The van der Waals surface area contributed by atoms with Gasteiger partial charge in [0.25, 0.3) is 17.5 Å². The van der Waals surface area contributed by atoms with Gasteiger partial charge in [-0.3, -0.25) is 19.7 Å². The molecule has 3 N–H and O–H groups in total. The molecule has 136 valence electrons. The number of thioether (sulfide) groups is 1. The van der Waals surface area contributed by atoms with Gasteiger partial charge in [0.1, 0.15) is 6.04 Å². The zero-order chi connectivity index (χ0) is 18.7. The number of hydrazine groups is 1. The molecule has 1 fully saturated rings. The van der Waals surface area contributed by atoms with E-state index in [1.54, 1.807) is 0 Å². The maximum atomic E-state index is 12.2. The van der Waals surface area contributed by atoms with Crippen molar-refractivity contribution in [3.05, 3.63) is 51.7 Å². The zero-order valence-corrected chi connectivity index (χ0v) is 14.5. The number of nitro benzene ring substituents is 1. The first-order valence-electron chi connectivity index (χ1n) is 7.67. The molecule has 10 nitrogen and oxygen atoms in total. The molecule has 11 heteroatoms. The maximum absolute atomic E-state index is 12.2. The number of fused-ring (bicyclic) bond motifs is 1. The van der Waals surface area contributed by atoms with Gasteiger partial charge in [0, 0.05) is 29.7 Å². The van der Waals surface area contributed by atoms with E-state index in [1.165, 1.54) is 53.3 Å². The SMILES string of the molecule is CC1=CC(=O)N2N[C@@H](C(=O)N/N=C\c3ccc([N+](=O)[O-])cc3)CS[C@@H]2N1. The summed E-state index contributed by atoms with van der Waals surface area (Å²) in [6.45, 7) is 1.81. The Morgan fingerprint density at radius 1 is 1.46 bits per heavy atom. The highest BCUT2D eigenvalue weighted by Crippen LogP contribution is 2.23. The van der Waals surface area contributed by atoms with Gasteiger partial charge in [0.15, 0.2) is 5.50 Å². The molecular formula is C15H16N6O4S. The van der Waals surface area contributed by atoms with Crippen LogP contribution in [0.5, 0.6) is 0 Å². The predicted molar refractivity (Wildman–Crippen MR) is 95.7 cm³/mol. The Bertz CT molecular complexity index is 794. The minimum Gasteiger partial charge on any atom is -0.359 e. The number of hydrazone groups is 1. The average Bonchev–Trinajstić information content (AvgIpc) is 2.61. The van der Waals surface area contributed by atoms with Crippen molar-refractivity contribution in [1.82, 2.24) is 21.2 Å². The summed E-state index contributed by atoms with van der Waals surface area (Å²) in [5.74, 6) is -0.132. The second kappa shape index (κ2) is 7.54. The van der Waals surface area contributed by atoms with E-state index in [0.717, 1.165) is 5.70 Å². The van der Waals surface area contributed by atoms with Gasteiger partial charge in [0.05, 0.1) is 11.1 Å². The Labute approximate surface area is 152 Å². The molecule has 26 heavy (non-hydrogen) atoms. The van der Waals surface area contributed by atoms with Gasteiger partial charge in [-0.05, 0) is 24.6 Å². The van der Waals surface area contributed by atoms with Crippen LogP contribution in [0.3, 0.4) is 0 Å². The van der Waals surface area contributed by atoms with Crippen molar-refractivity contribution in [1.29, 1.82) is 0 Å². The molecule has 1 aromatic rings. The largest absolute Gasteiger partial charge is 0.359 e. The molecular weight excluding hydrogens is 360 g/mol. The summed E-state index contributed by atoms with van der Waals surface area (Å²) in [6.07, 6.45) is 2.84. The highest BCUT2D eigenvalue weighted by molar-refractivity contribution is 7.99. The number of nitrogens with zero attached hydrogens (tertiary/aromatic N) is 3. The van der Waals surface area contributed by atoms with Crippen LogP contribution in [0.4, 0.5) is 5.69 Å². The van der Waals surface area contributed by atoms with Crippen molar-refractivity contribution < 1.29 is 14.5 Å². The number of allylic oxidation sites excluding steroid dienone is 1. The second-order valence-corrected chi connectivity index (χ2v) is 6.74. The highest BCUT2D eigenvalue weighted by atomic mass is 32.2. The molecule has 2 heterocycles. The van der Waals surface area contributed by atoms with Gasteiger partial charge in [-0.25, -0.2) is 15.9 Å². The molecule has 0 unspecified atom stereocenters. The van der Waals surface area contributed by atoms with Gasteiger partial charge >= 0.3 is 0 Å². The summed E-state index contributed by atoms with van der Waals surface area (Å²) in [7, 11) is 0. The second-order valence-electron chi connectivity index (χ2n) is 5.63. The first-order valence-corrected chi connectivity index (χ1v) is 8.72. The van der Waals surface area contributed by atoms with E-state index in [2.05, 4.69) is 21.3 Å². The predicted octanol–water partition coefficient (Wildman–Crippen LogP) is 0.284. The lowest BCUT2D eigenvalue weighted by atomic mass is 10.2. The van der Waals surface area contributed by atoms with Crippen molar-refractivity contribution in [2.75, 3.05) is 5.75 Å². The number of nitrogens with one attached hydrogen (secondary N) is 3. The Kier molecular flexibility index (Phi) is 5.19. The van der Waals surface area contributed by atoms with Crippen LogP contribution in [0.25, 0.3) is 0 Å². The first-order chi connectivity index (χ1) is 12.4. The fourth-order valence-electron chi connectivity index (χ4n) is 2.38. The highest BCUT2D eigenvalue weighted by Gasteiger charge is 2.36. The van der Waals surface area contributed by atoms with Crippen molar-refractivity contribution in [3.8, 4) is 0 Å². The third kappa shape index (κ3) is 4.00. The summed E-state index contributed by atoms with van der Waals surface area (Å²) >= 11 is 1.44. The molecule has 2 aliphatic heterocycles. The third-order valence-corrected chi connectivity index (χ3v) is 4.86. The van der Waals surface area contributed by atoms with Crippen LogP contribution in [0.1, 0.15) is 12.5 Å². The van der Waals surface area contributed by atoms with Crippen molar-refractivity contribution in [2.24, 2.45) is 5.10 Å². The van der Waals surface area contributed by atoms with Gasteiger partial charge in [0.2, 0.25) is 0 Å². The number of nitro groups is 1. The van der Waals surface area contributed by atoms with E-state index in [1.807, 2.05) is 6.92 Å². The Balaban J connectivity index is 1.55. The first kappa shape index (κ1) is 17.9. The molecule has 0 spiro atoms. The number of hydrogen-bond acceptors (Lipinski definition) is 8. The number of hydrogen-bond donors (Lipinski definition) is 3. The van der Waals surface area contributed by atoms with Crippen LogP contribution in [0.15, 0.2) is 41.1 Å². The molecule has 0 radical (unpaired) electrons. The number of rotatable bonds is 4. The molecule has 1 aromatic carbocycles.